The van der Waals surface area contributed by atoms with Gasteiger partial charge < -0.3 is 24.5 Å². The summed E-state index contributed by atoms with van der Waals surface area (Å²) < 4.78 is 7.20. The first kappa shape index (κ1) is 18.8. The Hall–Kier alpha value is -3.22. The van der Waals surface area contributed by atoms with Gasteiger partial charge in [-0.25, -0.2) is 15.0 Å². The zero-order valence-electron chi connectivity index (χ0n) is 16.7. The van der Waals surface area contributed by atoms with E-state index in [-0.39, 0.29) is 17.5 Å². The maximum atomic E-state index is 12.2. The molecular formula is C21H21N5O4. The van der Waals surface area contributed by atoms with E-state index in [1.807, 2.05) is 13.0 Å². The Kier molecular flexibility index (Phi) is 4.00. The molecule has 3 heterocycles. The van der Waals surface area contributed by atoms with Crippen LogP contribution in [0.4, 0.5) is 5.82 Å². The van der Waals surface area contributed by atoms with Crippen LogP contribution in [0.15, 0.2) is 22.9 Å². The van der Waals surface area contributed by atoms with Crippen LogP contribution in [0.1, 0.15) is 36.7 Å². The Labute approximate surface area is 172 Å². The summed E-state index contributed by atoms with van der Waals surface area (Å²) in [6.07, 6.45) is -0.0740. The smallest absolute Gasteiger partial charge is 0.209 e. The highest BCUT2D eigenvalue weighted by Crippen LogP contribution is 2.68. The number of anilines is 1. The van der Waals surface area contributed by atoms with Gasteiger partial charge in [0.25, 0.3) is 0 Å². The molecule has 2 saturated carbocycles. The first-order chi connectivity index (χ1) is 14.4. The van der Waals surface area contributed by atoms with E-state index in [1.165, 1.54) is 6.92 Å². The monoisotopic (exact) mass is 407 g/mol. The summed E-state index contributed by atoms with van der Waals surface area (Å²) >= 11 is 0. The molecule has 0 bridgehead atoms. The van der Waals surface area contributed by atoms with Gasteiger partial charge in [-0.15, -0.1) is 0 Å². The summed E-state index contributed by atoms with van der Waals surface area (Å²) in [6.45, 7) is 3.31. The topological polar surface area (TPSA) is 126 Å². The molecule has 0 radical (unpaired) electrons. The standard InChI is InChI=1S/C21H21N5O4/c1-10-4-5-12(30-10)6-7-14-24-19(22-3)15-20(25-14)26(9-23-15)16-13-8-21(13,11(2)27)18(29)17(16)28/h4-5,9,13,16-18,28-29H,8H2,1-3H3,(H,22,24,25)/t13?,16-,17+,18?,21+/m1/s1. The van der Waals surface area contributed by atoms with Gasteiger partial charge in [0, 0.05) is 7.05 Å². The third-order valence-electron chi connectivity index (χ3n) is 6.35. The van der Waals surface area contributed by atoms with Crippen molar-refractivity contribution in [3.8, 4) is 11.8 Å². The van der Waals surface area contributed by atoms with Crippen LogP contribution < -0.4 is 5.32 Å². The van der Waals surface area contributed by atoms with Crippen LogP contribution in [-0.4, -0.2) is 54.8 Å². The predicted molar refractivity (Wildman–Crippen MR) is 107 cm³/mol. The van der Waals surface area contributed by atoms with Gasteiger partial charge in [-0.1, -0.05) is 0 Å². The lowest BCUT2D eigenvalue weighted by Crippen LogP contribution is -2.36. The molecule has 0 amide bonds. The van der Waals surface area contributed by atoms with Crippen LogP contribution in [0.2, 0.25) is 0 Å². The highest BCUT2D eigenvalue weighted by Gasteiger charge is 2.74. The van der Waals surface area contributed by atoms with Crippen molar-refractivity contribution in [1.29, 1.82) is 0 Å². The number of aromatic nitrogens is 4. The summed E-state index contributed by atoms with van der Waals surface area (Å²) in [5.41, 5.74) is 0.135. The van der Waals surface area contributed by atoms with Crippen molar-refractivity contribution in [3.05, 3.63) is 35.8 Å². The molecule has 0 aliphatic heterocycles. The second-order valence-electron chi connectivity index (χ2n) is 7.96. The summed E-state index contributed by atoms with van der Waals surface area (Å²) in [5.74, 6) is 7.58. The van der Waals surface area contributed by atoms with Crippen molar-refractivity contribution in [2.75, 3.05) is 12.4 Å². The third-order valence-corrected chi connectivity index (χ3v) is 6.35. The van der Waals surface area contributed by atoms with Gasteiger partial charge in [0.05, 0.1) is 23.9 Å². The van der Waals surface area contributed by atoms with Crippen LogP contribution in [0.5, 0.6) is 0 Å². The summed E-state index contributed by atoms with van der Waals surface area (Å²) in [6, 6.07) is 3.10. The number of hydrogen-bond donors (Lipinski definition) is 3. The quantitative estimate of drug-likeness (QED) is 0.550. The van der Waals surface area contributed by atoms with Gasteiger partial charge in [-0.2, -0.15) is 0 Å². The molecule has 0 aromatic carbocycles. The minimum absolute atomic E-state index is 0.100. The molecule has 3 N–H and O–H groups in total. The average molecular weight is 407 g/mol. The first-order valence-corrected chi connectivity index (χ1v) is 9.74. The molecule has 3 aromatic rings. The molecule has 5 atom stereocenters. The fourth-order valence-corrected chi connectivity index (χ4v) is 4.76. The van der Waals surface area contributed by atoms with E-state index in [4.69, 9.17) is 4.42 Å². The lowest BCUT2D eigenvalue weighted by molar-refractivity contribution is -0.128. The molecule has 9 nitrogen and oxygen atoms in total. The number of nitrogens with zero attached hydrogens (tertiary/aromatic N) is 4. The Balaban J connectivity index is 1.59. The van der Waals surface area contributed by atoms with E-state index in [2.05, 4.69) is 32.1 Å². The SMILES string of the molecule is CNc1nc(C#Cc2ccc(C)o2)nc2c1ncn2[C@@H]1C2C[C@@]2(C(C)=O)C(O)[C@H]1O. The number of carbonyl (C=O) groups is 1. The largest absolute Gasteiger partial charge is 0.453 e. The number of carbonyl (C=O) groups excluding carboxylic acids is 1. The molecule has 2 aliphatic carbocycles. The predicted octanol–water partition coefficient (Wildman–Crippen LogP) is 1.04. The third kappa shape index (κ3) is 2.51. The Morgan fingerprint density at radius 1 is 1.33 bits per heavy atom. The maximum Gasteiger partial charge on any atom is 0.209 e. The van der Waals surface area contributed by atoms with Crippen LogP contribution in [-0.2, 0) is 4.79 Å². The molecular weight excluding hydrogens is 386 g/mol. The average Bonchev–Trinajstić information content (AvgIpc) is 2.98. The number of imidazole rings is 1. The molecule has 2 aliphatic rings. The van der Waals surface area contributed by atoms with E-state index in [0.717, 1.165) is 5.76 Å². The molecule has 2 unspecified atom stereocenters. The van der Waals surface area contributed by atoms with Crippen molar-refractivity contribution in [1.82, 2.24) is 19.5 Å². The number of fused-ring (bicyclic) bond motifs is 2. The zero-order valence-corrected chi connectivity index (χ0v) is 16.7. The molecule has 3 aromatic heterocycles. The fourth-order valence-electron chi connectivity index (χ4n) is 4.76. The van der Waals surface area contributed by atoms with Crippen molar-refractivity contribution in [2.45, 2.75) is 38.5 Å². The molecule has 0 saturated heterocycles. The number of ketones is 1. The highest BCUT2D eigenvalue weighted by atomic mass is 16.3. The van der Waals surface area contributed by atoms with E-state index >= 15 is 0 Å². The van der Waals surface area contributed by atoms with Crippen LogP contribution in [0.25, 0.3) is 11.2 Å². The van der Waals surface area contributed by atoms with Crippen molar-refractivity contribution in [3.63, 3.8) is 0 Å². The van der Waals surface area contributed by atoms with Gasteiger partial charge in [-0.3, -0.25) is 4.79 Å². The summed E-state index contributed by atoms with van der Waals surface area (Å²) in [7, 11) is 1.73. The van der Waals surface area contributed by atoms with Gasteiger partial charge >= 0.3 is 0 Å². The molecule has 9 heteroatoms. The van der Waals surface area contributed by atoms with E-state index in [0.29, 0.717) is 29.2 Å². The normalized spacial score (nSPS) is 29.4. The first-order valence-electron chi connectivity index (χ1n) is 9.74. The number of Topliss-reactive ketones (excluding diaryl/α,β-unsaturated/α-hetero) is 1. The molecule has 0 spiro atoms. The Bertz CT molecular complexity index is 1240. The molecule has 2 fully saturated rings. The number of aliphatic hydroxyl groups is 2. The minimum atomic E-state index is -1.10. The van der Waals surface area contributed by atoms with E-state index in [1.54, 1.807) is 24.0 Å². The van der Waals surface area contributed by atoms with Gasteiger partial charge in [0.2, 0.25) is 5.82 Å². The van der Waals surface area contributed by atoms with Crippen LogP contribution in [0, 0.1) is 30.1 Å². The Morgan fingerprint density at radius 3 is 2.77 bits per heavy atom. The number of aryl methyl sites for hydroxylation is 1. The second-order valence-corrected chi connectivity index (χ2v) is 7.96. The van der Waals surface area contributed by atoms with Crippen molar-refractivity contribution in [2.24, 2.45) is 11.3 Å². The lowest BCUT2D eigenvalue weighted by Gasteiger charge is -2.23. The number of furan rings is 1. The second kappa shape index (κ2) is 6.39. The van der Waals surface area contributed by atoms with Gasteiger partial charge in [-0.05, 0) is 50.2 Å². The maximum absolute atomic E-state index is 12.2. The van der Waals surface area contributed by atoms with Crippen molar-refractivity contribution >= 4 is 22.8 Å². The molecule has 154 valence electrons. The highest BCUT2D eigenvalue weighted by molar-refractivity contribution is 5.88. The van der Waals surface area contributed by atoms with Crippen LogP contribution >= 0.6 is 0 Å². The number of aliphatic hydroxyl groups excluding tert-OH is 2. The summed E-state index contributed by atoms with van der Waals surface area (Å²) in [5, 5.41) is 24.3. The molecule has 30 heavy (non-hydrogen) atoms. The lowest BCUT2D eigenvalue weighted by atomic mass is 9.95. The molecule has 5 rings (SSSR count). The number of nitrogens with one attached hydrogen (secondary N) is 1. The van der Waals surface area contributed by atoms with Crippen LogP contribution in [0.3, 0.4) is 0 Å². The number of hydrogen-bond acceptors (Lipinski definition) is 8. The summed E-state index contributed by atoms with van der Waals surface area (Å²) in [4.78, 5) is 25.5. The fraction of sp³-hybridized carbons (Fsp3) is 0.429. The van der Waals surface area contributed by atoms with Crippen molar-refractivity contribution < 1.29 is 19.4 Å². The van der Waals surface area contributed by atoms with Gasteiger partial charge in [0.1, 0.15) is 17.6 Å². The Morgan fingerprint density at radius 2 is 2.13 bits per heavy atom. The van der Waals surface area contributed by atoms with Gasteiger partial charge in [0.15, 0.2) is 22.7 Å². The number of rotatable bonds is 3. The zero-order chi connectivity index (χ0) is 21.2. The van der Waals surface area contributed by atoms with E-state index in [9.17, 15) is 15.0 Å². The minimum Gasteiger partial charge on any atom is -0.453 e. The van der Waals surface area contributed by atoms with E-state index < -0.39 is 23.7 Å².